The minimum atomic E-state index is 0.738. The molecule has 1 aliphatic rings. The zero-order valence-corrected chi connectivity index (χ0v) is 14.2. The second-order valence-electron chi connectivity index (χ2n) is 6.41. The van der Waals surface area contributed by atoms with Gasteiger partial charge in [-0.2, -0.15) is 15.1 Å². The minimum absolute atomic E-state index is 0.738. The molecule has 6 nitrogen and oxygen atoms in total. The molecule has 0 radical (unpaired) electrons. The van der Waals surface area contributed by atoms with Crippen LogP contribution in [0.2, 0.25) is 0 Å². The third-order valence-electron chi connectivity index (χ3n) is 4.51. The Morgan fingerprint density at radius 1 is 1.17 bits per heavy atom. The van der Waals surface area contributed by atoms with E-state index in [1.807, 2.05) is 17.9 Å². The van der Waals surface area contributed by atoms with Crippen molar-refractivity contribution in [2.75, 3.05) is 23.3 Å². The maximum atomic E-state index is 4.78. The van der Waals surface area contributed by atoms with Gasteiger partial charge >= 0.3 is 0 Å². The van der Waals surface area contributed by atoms with Gasteiger partial charge in [0.15, 0.2) is 5.65 Å². The fourth-order valence-corrected chi connectivity index (χ4v) is 3.21. The van der Waals surface area contributed by atoms with Crippen LogP contribution in [-0.2, 0) is 13.6 Å². The SMILES string of the molecule is Cc1cccc(CNc2nc(N3CCCC3)nc3c2cnn3C)c1. The van der Waals surface area contributed by atoms with Crippen molar-refractivity contribution in [2.24, 2.45) is 7.05 Å². The average molecular weight is 322 g/mol. The maximum absolute atomic E-state index is 4.78. The van der Waals surface area contributed by atoms with Gasteiger partial charge in [0.05, 0.1) is 11.6 Å². The van der Waals surface area contributed by atoms with Crippen molar-refractivity contribution in [1.82, 2.24) is 19.7 Å². The van der Waals surface area contributed by atoms with Crippen LogP contribution in [0.5, 0.6) is 0 Å². The largest absolute Gasteiger partial charge is 0.365 e. The summed E-state index contributed by atoms with van der Waals surface area (Å²) < 4.78 is 1.81. The van der Waals surface area contributed by atoms with E-state index in [0.29, 0.717) is 0 Å². The van der Waals surface area contributed by atoms with Crippen molar-refractivity contribution in [1.29, 1.82) is 0 Å². The van der Waals surface area contributed by atoms with E-state index in [4.69, 9.17) is 9.97 Å². The first-order valence-electron chi connectivity index (χ1n) is 8.45. The summed E-state index contributed by atoms with van der Waals surface area (Å²) in [4.78, 5) is 11.8. The van der Waals surface area contributed by atoms with Gasteiger partial charge in [-0.25, -0.2) is 0 Å². The van der Waals surface area contributed by atoms with E-state index in [2.05, 4.69) is 46.5 Å². The molecule has 6 heteroatoms. The summed E-state index contributed by atoms with van der Waals surface area (Å²) in [5.74, 6) is 1.66. The summed E-state index contributed by atoms with van der Waals surface area (Å²) in [6.45, 7) is 4.91. The Hall–Kier alpha value is -2.63. The molecule has 0 spiro atoms. The molecule has 3 heterocycles. The maximum Gasteiger partial charge on any atom is 0.229 e. The molecule has 1 aliphatic heterocycles. The third-order valence-corrected chi connectivity index (χ3v) is 4.51. The molecule has 0 saturated carbocycles. The van der Waals surface area contributed by atoms with E-state index in [-0.39, 0.29) is 0 Å². The highest BCUT2D eigenvalue weighted by molar-refractivity contribution is 5.87. The molecule has 1 fully saturated rings. The lowest BCUT2D eigenvalue weighted by molar-refractivity contribution is 0.782. The lowest BCUT2D eigenvalue weighted by Crippen LogP contribution is -2.21. The summed E-state index contributed by atoms with van der Waals surface area (Å²) >= 11 is 0. The van der Waals surface area contributed by atoms with Gasteiger partial charge in [0.2, 0.25) is 5.95 Å². The molecule has 0 atom stereocenters. The van der Waals surface area contributed by atoms with E-state index >= 15 is 0 Å². The first kappa shape index (κ1) is 14.9. The average Bonchev–Trinajstić information content (AvgIpc) is 3.23. The van der Waals surface area contributed by atoms with Gasteiger partial charge in [-0.3, -0.25) is 4.68 Å². The van der Waals surface area contributed by atoms with Crippen molar-refractivity contribution in [3.8, 4) is 0 Å². The lowest BCUT2D eigenvalue weighted by atomic mass is 10.1. The molecular weight excluding hydrogens is 300 g/mol. The van der Waals surface area contributed by atoms with Gasteiger partial charge < -0.3 is 10.2 Å². The quantitative estimate of drug-likeness (QED) is 0.800. The Bertz CT molecular complexity index is 863. The summed E-state index contributed by atoms with van der Waals surface area (Å²) in [6, 6.07) is 8.51. The van der Waals surface area contributed by atoms with Crippen LogP contribution in [0.1, 0.15) is 24.0 Å². The number of anilines is 2. The fourth-order valence-electron chi connectivity index (χ4n) is 3.21. The number of nitrogens with one attached hydrogen (secondary N) is 1. The molecule has 0 aliphatic carbocycles. The predicted molar refractivity (Wildman–Crippen MR) is 96.3 cm³/mol. The number of aryl methyl sites for hydroxylation is 2. The zero-order valence-electron chi connectivity index (χ0n) is 14.2. The van der Waals surface area contributed by atoms with E-state index in [1.165, 1.54) is 24.0 Å². The highest BCUT2D eigenvalue weighted by Crippen LogP contribution is 2.25. The molecule has 4 rings (SSSR count). The van der Waals surface area contributed by atoms with Crippen LogP contribution < -0.4 is 10.2 Å². The summed E-state index contributed by atoms with van der Waals surface area (Å²) in [6.07, 6.45) is 4.25. The van der Waals surface area contributed by atoms with Gasteiger partial charge in [0.1, 0.15) is 5.82 Å². The Morgan fingerprint density at radius 2 is 2.00 bits per heavy atom. The standard InChI is InChI=1S/C18H22N6/c1-13-6-5-7-14(10-13)11-19-16-15-12-20-23(2)17(15)22-18(21-16)24-8-3-4-9-24/h5-7,10,12H,3-4,8-9,11H2,1-2H3,(H,19,21,22). The van der Waals surface area contributed by atoms with Crippen LogP contribution in [-0.4, -0.2) is 32.8 Å². The van der Waals surface area contributed by atoms with E-state index in [0.717, 1.165) is 42.4 Å². The Kier molecular flexibility index (Phi) is 3.80. The Labute approximate surface area is 141 Å². The molecule has 0 bridgehead atoms. The predicted octanol–water partition coefficient (Wildman–Crippen LogP) is 2.88. The molecular formula is C18H22N6. The Morgan fingerprint density at radius 3 is 2.79 bits per heavy atom. The molecule has 0 amide bonds. The summed E-state index contributed by atoms with van der Waals surface area (Å²) in [5.41, 5.74) is 3.38. The van der Waals surface area contributed by atoms with Crippen molar-refractivity contribution < 1.29 is 0 Å². The minimum Gasteiger partial charge on any atom is -0.365 e. The number of fused-ring (bicyclic) bond motifs is 1. The first-order chi connectivity index (χ1) is 11.7. The summed E-state index contributed by atoms with van der Waals surface area (Å²) in [7, 11) is 1.92. The number of hydrogen-bond donors (Lipinski definition) is 1. The second kappa shape index (κ2) is 6.11. The van der Waals surface area contributed by atoms with E-state index in [9.17, 15) is 0 Å². The van der Waals surface area contributed by atoms with Crippen LogP contribution in [0.4, 0.5) is 11.8 Å². The molecule has 24 heavy (non-hydrogen) atoms. The van der Waals surface area contributed by atoms with Crippen molar-refractivity contribution >= 4 is 22.8 Å². The van der Waals surface area contributed by atoms with E-state index < -0.39 is 0 Å². The number of aromatic nitrogens is 4. The van der Waals surface area contributed by atoms with Crippen LogP contribution in [0.3, 0.4) is 0 Å². The fraction of sp³-hybridized carbons (Fsp3) is 0.389. The topological polar surface area (TPSA) is 58.9 Å². The molecule has 0 unspecified atom stereocenters. The highest BCUT2D eigenvalue weighted by Gasteiger charge is 2.18. The molecule has 1 aromatic carbocycles. The van der Waals surface area contributed by atoms with Gasteiger partial charge in [0, 0.05) is 26.7 Å². The number of nitrogens with zero attached hydrogens (tertiary/aromatic N) is 5. The molecule has 124 valence electrons. The van der Waals surface area contributed by atoms with Crippen molar-refractivity contribution in [3.05, 3.63) is 41.6 Å². The number of hydrogen-bond acceptors (Lipinski definition) is 5. The van der Waals surface area contributed by atoms with Crippen LogP contribution >= 0.6 is 0 Å². The first-order valence-corrected chi connectivity index (χ1v) is 8.45. The van der Waals surface area contributed by atoms with Gasteiger partial charge in [-0.05, 0) is 25.3 Å². The third kappa shape index (κ3) is 2.79. The van der Waals surface area contributed by atoms with E-state index in [1.54, 1.807) is 0 Å². The van der Waals surface area contributed by atoms with Crippen LogP contribution in [0, 0.1) is 6.92 Å². The zero-order chi connectivity index (χ0) is 16.5. The van der Waals surface area contributed by atoms with Crippen molar-refractivity contribution in [2.45, 2.75) is 26.3 Å². The second-order valence-corrected chi connectivity index (χ2v) is 6.41. The van der Waals surface area contributed by atoms with Crippen molar-refractivity contribution in [3.63, 3.8) is 0 Å². The van der Waals surface area contributed by atoms with Gasteiger partial charge in [0.25, 0.3) is 0 Å². The molecule has 2 aromatic heterocycles. The normalized spacial score (nSPS) is 14.5. The van der Waals surface area contributed by atoms with Crippen LogP contribution in [0.15, 0.2) is 30.5 Å². The molecule has 3 aromatic rings. The van der Waals surface area contributed by atoms with Gasteiger partial charge in [-0.15, -0.1) is 0 Å². The highest BCUT2D eigenvalue weighted by atomic mass is 15.3. The summed E-state index contributed by atoms with van der Waals surface area (Å²) in [5, 5.41) is 8.79. The molecule has 1 saturated heterocycles. The smallest absolute Gasteiger partial charge is 0.229 e. The lowest BCUT2D eigenvalue weighted by Gasteiger charge is -2.17. The van der Waals surface area contributed by atoms with Crippen LogP contribution in [0.25, 0.3) is 11.0 Å². The monoisotopic (exact) mass is 322 g/mol. The van der Waals surface area contributed by atoms with Gasteiger partial charge in [-0.1, -0.05) is 29.8 Å². The number of benzene rings is 1. The molecule has 1 N–H and O–H groups in total. The Balaban J connectivity index is 1.67. The number of rotatable bonds is 4.